The molecule has 2 atom stereocenters. The van der Waals surface area contributed by atoms with Crippen molar-refractivity contribution in [2.75, 3.05) is 26.2 Å². The summed E-state index contributed by atoms with van der Waals surface area (Å²) in [6, 6.07) is 4.81. The third-order valence-corrected chi connectivity index (χ3v) is 7.28. The summed E-state index contributed by atoms with van der Waals surface area (Å²) < 4.78 is 28.8. The van der Waals surface area contributed by atoms with Gasteiger partial charge in [0.2, 0.25) is 0 Å². The lowest BCUT2D eigenvalue weighted by atomic mass is 9.64. The molecule has 156 valence electrons. The summed E-state index contributed by atoms with van der Waals surface area (Å²) in [7, 11) is 0. The summed E-state index contributed by atoms with van der Waals surface area (Å²) in [5.41, 5.74) is 0.765. The maximum atomic E-state index is 13.9. The SMILES string of the molecule is CC1(C)Oc2ccc(F)cc2C2OCC3(CCN(CCn4ccnc4)CC3)CC21. The van der Waals surface area contributed by atoms with Gasteiger partial charge in [-0.15, -0.1) is 0 Å². The molecule has 3 aliphatic rings. The number of likely N-dealkylation sites (tertiary alicyclic amines) is 1. The molecule has 0 N–H and O–H groups in total. The molecular formula is C23H30FN3O2. The van der Waals surface area contributed by atoms with Crippen molar-refractivity contribution in [3.8, 4) is 5.75 Å². The molecule has 4 heterocycles. The Morgan fingerprint density at radius 3 is 2.79 bits per heavy atom. The molecule has 0 aliphatic carbocycles. The van der Waals surface area contributed by atoms with Crippen LogP contribution in [0.5, 0.6) is 5.75 Å². The largest absolute Gasteiger partial charge is 0.487 e. The number of ether oxygens (including phenoxy) is 2. The predicted octanol–water partition coefficient (Wildman–Crippen LogP) is 4.05. The fourth-order valence-corrected chi connectivity index (χ4v) is 5.40. The first kappa shape index (κ1) is 19.1. The predicted molar refractivity (Wildman–Crippen MR) is 108 cm³/mol. The topological polar surface area (TPSA) is 39.5 Å². The molecule has 0 bridgehead atoms. The normalized spacial score (nSPS) is 27.8. The number of rotatable bonds is 3. The second-order valence-electron chi connectivity index (χ2n) is 9.57. The fraction of sp³-hybridized carbons (Fsp3) is 0.609. The zero-order chi connectivity index (χ0) is 20.1. The minimum absolute atomic E-state index is 0.0747. The third-order valence-electron chi connectivity index (χ3n) is 7.28. The van der Waals surface area contributed by atoms with Gasteiger partial charge in [-0.05, 0) is 69.8 Å². The van der Waals surface area contributed by atoms with Crippen LogP contribution >= 0.6 is 0 Å². The van der Waals surface area contributed by atoms with Crippen molar-refractivity contribution >= 4 is 0 Å². The van der Waals surface area contributed by atoms with Crippen LogP contribution in [0, 0.1) is 17.2 Å². The Morgan fingerprint density at radius 1 is 1.21 bits per heavy atom. The highest BCUT2D eigenvalue weighted by Crippen LogP contribution is 2.55. The van der Waals surface area contributed by atoms with E-state index in [1.807, 2.05) is 18.7 Å². The van der Waals surface area contributed by atoms with Crippen LogP contribution < -0.4 is 4.74 Å². The average Bonchev–Trinajstić information content (AvgIpc) is 3.22. The maximum Gasteiger partial charge on any atom is 0.126 e. The van der Waals surface area contributed by atoms with E-state index in [1.165, 1.54) is 6.07 Å². The van der Waals surface area contributed by atoms with Crippen molar-refractivity contribution in [2.24, 2.45) is 11.3 Å². The van der Waals surface area contributed by atoms with Gasteiger partial charge in [0.15, 0.2) is 0 Å². The summed E-state index contributed by atoms with van der Waals surface area (Å²) in [6.45, 7) is 9.30. The van der Waals surface area contributed by atoms with Gasteiger partial charge in [-0.2, -0.15) is 0 Å². The van der Waals surface area contributed by atoms with E-state index in [9.17, 15) is 4.39 Å². The number of hydrogen-bond acceptors (Lipinski definition) is 4. The van der Waals surface area contributed by atoms with Crippen molar-refractivity contribution in [1.29, 1.82) is 0 Å². The van der Waals surface area contributed by atoms with Crippen molar-refractivity contribution < 1.29 is 13.9 Å². The third kappa shape index (κ3) is 3.57. The van der Waals surface area contributed by atoms with Crippen LogP contribution in [0.1, 0.15) is 44.8 Å². The van der Waals surface area contributed by atoms with Gasteiger partial charge < -0.3 is 18.9 Å². The zero-order valence-electron chi connectivity index (χ0n) is 17.3. The minimum atomic E-state index is -0.318. The van der Waals surface area contributed by atoms with Crippen LogP contribution in [0.15, 0.2) is 36.9 Å². The van der Waals surface area contributed by atoms with Crippen LogP contribution in [0.3, 0.4) is 0 Å². The first-order chi connectivity index (χ1) is 13.9. The molecule has 3 aliphatic heterocycles. The molecule has 1 aromatic carbocycles. The molecule has 29 heavy (non-hydrogen) atoms. The molecule has 0 amide bonds. The van der Waals surface area contributed by atoms with E-state index in [-0.39, 0.29) is 28.9 Å². The molecule has 0 radical (unpaired) electrons. The Hall–Kier alpha value is -1.92. The molecule has 5 nitrogen and oxygen atoms in total. The highest BCUT2D eigenvalue weighted by Gasteiger charge is 2.52. The highest BCUT2D eigenvalue weighted by atomic mass is 19.1. The molecule has 2 aromatic rings. The zero-order valence-corrected chi connectivity index (χ0v) is 17.3. The number of fused-ring (bicyclic) bond motifs is 3. The van der Waals surface area contributed by atoms with Crippen LogP contribution in [0.4, 0.5) is 4.39 Å². The quantitative estimate of drug-likeness (QED) is 0.781. The first-order valence-electron chi connectivity index (χ1n) is 10.7. The Balaban J connectivity index is 1.27. The van der Waals surface area contributed by atoms with E-state index in [0.717, 1.165) is 63.4 Å². The van der Waals surface area contributed by atoms with Gasteiger partial charge in [0.05, 0.1) is 19.0 Å². The summed E-state index contributed by atoms with van der Waals surface area (Å²) in [6.07, 6.45) is 9.03. The minimum Gasteiger partial charge on any atom is -0.487 e. The monoisotopic (exact) mass is 399 g/mol. The summed E-state index contributed by atoms with van der Waals surface area (Å²) in [5, 5.41) is 0. The molecule has 0 saturated carbocycles. The fourth-order valence-electron chi connectivity index (χ4n) is 5.40. The van der Waals surface area contributed by atoms with Crippen molar-refractivity contribution in [3.05, 3.63) is 48.3 Å². The molecule has 6 heteroatoms. The lowest BCUT2D eigenvalue weighted by Gasteiger charge is -2.54. The lowest BCUT2D eigenvalue weighted by Crippen LogP contribution is -2.54. The van der Waals surface area contributed by atoms with E-state index < -0.39 is 0 Å². The molecule has 1 aromatic heterocycles. The highest BCUT2D eigenvalue weighted by molar-refractivity contribution is 5.39. The smallest absolute Gasteiger partial charge is 0.126 e. The molecule has 1 spiro atoms. The van der Waals surface area contributed by atoms with E-state index in [4.69, 9.17) is 9.47 Å². The van der Waals surface area contributed by atoms with Gasteiger partial charge in [0.1, 0.15) is 17.2 Å². The number of aromatic nitrogens is 2. The van der Waals surface area contributed by atoms with Crippen LogP contribution in [-0.2, 0) is 11.3 Å². The second kappa shape index (κ2) is 7.10. The van der Waals surface area contributed by atoms with Gasteiger partial charge in [0, 0.05) is 37.0 Å². The standard InChI is InChI=1S/C23H30FN3O2/c1-22(2)19-14-23(5-8-26(9-6-23)11-12-27-10-7-25-16-27)15-28-21(19)18-13-17(24)3-4-20(18)29-22/h3-4,7,10,13,16,19,21H,5-6,8-9,11-12,14-15H2,1-2H3. The second-order valence-corrected chi connectivity index (χ2v) is 9.57. The summed E-state index contributed by atoms with van der Waals surface area (Å²) in [5.74, 6) is 0.784. The van der Waals surface area contributed by atoms with E-state index >= 15 is 0 Å². The van der Waals surface area contributed by atoms with Gasteiger partial charge in [-0.3, -0.25) is 0 Å². The van der Waals surface area contributed by atoms with E-state index in [1.54, 1.807) is 12.1 Å². The van der Waals surface area contributed by atoms with Crippen molar-refractivity contribution in [3.63, 3.8) is 0 Å². The Morgan fingerprint density at radius 2 is 2.03 bits per heavy atom. The van der Waals surface area contributed by atoms with Crippen molar-refractivity contribution in [1.82, 2.24) is 14.5 Å². The van der Waals surface area contributed by atoms with Crippen molar-refractivity contribution in [2.45, 2.75) is 51.4 Å². The van der Waals surface area contributed by atoms with Crippen LogP contribution in [0.25, 0.3) is 0 Å². The van der Waals surface area contributed by atoms with E-state index in [2.05, 4.69) is 28.3 Å². The van der Waals surface area contributed by atoms with Gasteiger partial charge in [-0.1, -0.05) is 0 Å². The average molecular weight is 400 g/mol. The number of piperidine rings is 1. The Labute approximate surface area is 171 Å². The van der Waals surface area contributed by atoms with Gasteiger partial charge >= 0.3 is 0 Å². The number of imidazole rings is 1. The van der Waals surface area contributed by atoms with Gasteiger partial charge in [-0.25, -0.2) is 9.37 Å². The van der Waals surface area contributed by atoms with Crippen LogP contribution in [-0.4, -0.2) is 46.3 Å². The molecular weight excluding hydrogens is 369 g/mol. The molecule has 5 rings (SSSR count). The summed E-state index contributed by atoms with van der Waals surface area (Å²) >= 11 is 0. The molecule has 2 fully saturated rings. The molecule has 2 unspecified atom stereocenters. The maximum absolute atomic E-state index is 13.9. The number of nitrogens with zero attached hydrogens (tertiary/aromatic N) is 3. The lowest BCUT2D eigenvalue weighted by molar-refractivity contribution is -0.174. The van der Waals surface area contributed by atoms with Gasteiger partial charge in [0.25, 0.3) is 0 Å². The number of halogens is 1. The Kier molecular flexibility index (Phi) is 4.67. The first-order valence-corrected chi connectivity index (χ1v) is 10.7. The summed E-state index contributed by atoms with van der Waals surface area (Å²) in [4.78, 5) is 6.67. The Bertz CT molecular complexity index is 859. The van der Waals surface area contributed by atoms with Crippen LogP contribution in [0.2, 0.25) is 0 Å². The number of benzene rings is 1. The van der Waals surface area contributed by atoms with E-state index in [0.29, 0.717) is 0 Å². The number of hydrogen-bond donors (Lipinski definition) is 0. The molecule has 2 saturated heterocycles.